The van der Waals surface area contributed by atoms with Crippen LogP contribution in [0.15, 0.2) is 24.3 Å². The van der Waals surface area contributed by atoms with Gasteiger partial charge in [-0.3, -0.25) is 0 Å². The molecule has 1 aromatic carbocycles. The Morgan fingerprint density at radius 3 is 2.90 bits per heavy atom. The van der Waals surface area contributed by atoms with Gasteiger partial charge in [-0.25, -0.2) is 4.68 Å². The maximum atomic E-state index is 12.8. The van der Waals surface area contributed by atoms with Crippen molar-refractivity contribution in [2.24, 2.45) is 0 Å². The number of nitrogens with zero attached hydrogens (tertiary/aromatic N) is 3. The lowest BCUT2D eigenvalue weighted by Crippen LogP contribution is -2.25. The summed E-state index contributed by atoms with van der Waals surface area (Å²) in [6.07, 6.45) is -3.73. The number of nitrogens with two attached hydrogens (primary N) is 1. The minimum Gasteiger partial charge on any atom is -0.366 e. The minimum atomic E-state index is -4.35. The second-order valence-electron chi connectivity index (χ2n) is 4.59. The SMILES string of the molecule is Nc1nc2n(n1)C(c1cccc(C(F)(F)F)c1)CCN2. The first-order chi connectivity index (χ1) is 9.45. The number of nitrogen functional groups attached to an aromatic ring is 1. The van der Waals surface area contributed by atoms with Gasteiger partial charge in [0.05, 0.1) is 11.6 Å². The zero-order valence-corrected chi connectivity index (χ0v) is 10.4. The van der Waals surface area contributed by atoms with Gasteiger partial charge < -0.3 is 11.1 Å². The van der Waals surface area contributed by atoms with Crippen molar-refractivity contribution in [3.63, 3.8) is 0 Å². The molecule has 20 heavy (non-hydrogen) atoms. The quantitative estimate of drug-likeness (QED) is 0.842. The molecular formula is C12H12F3N5. The highest BCUT2D eigenvalue weighted by Gasteiger charge is 2.32. The zero-order valence-electron chi connectivity index (χ0n) is 10.4. The molecule has 0 saturated carbocycles. The summed E-state index contributed by atoms with van der Waals surface area (Å²) in [4.78, 5) is 3.99. The van der Waals surface area contributed by atoms with Crippen LogP contribution in [-0.2, 0) is 6.18 Å². The van der Waals surface area contributed by atoms with Crippen molar-refractivity contribution in [2.45, 2.75) is 18.6 Å². The summed E-state index contributed by atoms with van der Waals surface area (Å²) in [6.45, 7) is 0.610. The highest BCUT2D eigenvalue weighted by atomic mass is 19.4. The molecule has 0 radical (unpaired) electrons. The number of alkyl halides is 3. The fourth-order valence-corrected chi connectivity index (χ4v) is 2.35. The Labute approximate surface area is 112 Å². The number of halogens is 3. The van der Waals surface area contributed by atoms with Crippen LogP contribution in [0.3, 0.4) is 0 Å². The van der Waals surface area contributed by atoms with E-state index in [1.807, 2.05) is 0 Å². The van der Waals surface area contributed by atoms with E-state index in [4.69, 9.17) is 5.73 Å². The maximum absolute atomic E-state index is 12.8. The van der Waals surface area contributed by atoms with E-state index in [2.05, 4.69) is 15.4 Å². The van der Waals surface area contributed by atoms with Gasteiger partial charge in [0, 0.05) is 6.54 Å². The topological polar surface area (TPSA) is 68.8 Å². The van der Waals surface area contributed by atoms with Gasteiger partial charge in [-0.05, 0) is 24.1 Å². The molecule has 1 atom stereocenters. The average molecular weight is 283 g/mol. The highest BCUT2D eigenvalue weighted by Crippen LogP contribution is 2.34. The fourth-order valence-electron chi connectivity index (χ4n) is 2.35. The molecule has 2 aromatic rings. The van der Waals surface area contributed by atoms with Gasteiger partial charge in [0.25, 0.3) is 0 Å². The summed E-state index contributed by atoms with van der Waals surface area (Å²) >= 11 is 0. The molecule has 0 saturated heterocycles. The number of aromatic nitrogens is 3. The lowest BCUT2D eigenvalue weighted by Gasteiger charge is -2.25. The molecule has 5 nitrogen and oxygen atoms in total. The number of rotatable bonds is 1. The fraction of sp³-hybridized carbons (Fsp3) is 0.333. The second kappa shape index (κ2) is 4.39. The lowest BCUT2D eigenvalue weighted by molar-refractivity contribution is -0.137. The minimum absolute atomic E-state index is 0.103. The van der Waals surface area contributed by atoms with Crippen molar-refractivity contribution >= 4 is 11.9 Å². The number of hydrogen-bond donors (Lipinski definition) is 2. The van der Waals surface area contributed by atoms with Gasteiger partial charge in [-0.2, -0.15) is 18.2 Å². The molecule has 0 spiro atoms. The molecule has 0 aliphatic carbocycles. The third-order valence-electron chi connectivity index (χ3n) is 3.24. The van der Waals surface area contributed by atoms with E-state index < -0.39 is 11.7 Å². The molecule has 3 rings (SSSR count). The molecule has 0 fully saturated rings. The van der Waals surface area contributed by atoms with Crippen LogP contribution in [0.25, 0.3) is 0 Å². The third kappa shape index (κ3) is 2.17. The summed E-state index contributed by atoms with van der Waals surface area (Å²) in [6, 6.07) is 4.98. The number of nitrogens with one attached hydrogen (secondary N) is 1. The molecule has 2 heterocycles. The Morgan fingerprint density at radius 1 is 1.35 bits per heavy atom. The molecule has 1 unspecified atom stereocenters. The van der Waals surface area contributed by atoms with E-state index in [-0.39, 0.29) is 12.0 Å². The van der Waals surface area contributed by atoms with Crippen LogP contribution in [0.2, 0.25) is 0 Å². The van der Waals surface area contributed by atoms with Crippen LogP contribution in [0.5, 0.6) is 0 Å². The summed E-state index contributed by atoms with van der Waals surface area (Å²) in [7, 11) is 0. The molecular weight excluding hydrogens is 271 g/mol. The van der Waals surface area contributed by atoms with Crippen LogP contribution in [0, 0.1) is 0 Å². The van der Waals surface area contributed by atoms with Crippen molar-refractivity contribution in [3.8, 4) is 0 Å². The van der Waals surface area contributed by atoms with E-state index in [0.29, 0.717) is 24.5 Å². The van der Waals surface area contributed by atoms with Crippen LogP contribution in [0.1, 0.15) is 23.6 Å². The Kier molecular flexibility index (Phi) is 2.81. The molecule has 8 heteroatoms. The van der Waals surface area contributed by atoms with Crippen molar-refractivity contribution in [2.75, 3.05) is 17.6 Å². The predicted molar refractivity (Wildman–Crippen MR) is 67.1 cm³/mol. The molecule has 1 aromatic heterocycles. The Hall–Kier alpha value is -2.25. The van der Waals surface area contributed by atoms with Crippen molar-refractivity contribution in [1.82, 2.24) is 14.8 Å². The van der Waals surface area contributed by atoms with Crippen LogP contribution >= 0.6 is 0 Å². The van der Waals surface area contributed by atoms with Crippen LogP contribution in [-0.4, -0.2) is 21.3 Å². The Morgan fingerprint density at radius 2 is 2.15 bits per heavy atom. The van der Waals surface area contributed by atoms with Crippen LogP contribution < -0.4 is 11.1 Å². The molecule has 1 aliphatic rings. The number of benzene rings is 1. The van der Waals surface area contributed by atoms with Crippen LogP contribution in [0.4, 0.5) is 25.1 Å². The first-order valence-corrected chi connectivity index (χ1v) is 6.08. The van der Waals surface area contributed by atoms with Gasteiger partial charge in [0.2, 0.25) is 11.9 Å². The summed E-state index contributed by atoms with van der Waals surface area (Å²) < 4.78 is 39.8. The van der Waals surface area contributed by atoms with E-state index in [0.717, 1.165) is 12.1 Å². The van der Waals surface area contributed by atoms with Gasteiger partial charge in [-0.1, -0.05) is 12.1 Å². The van der Waals surface area contributed by atoms with E-state index in [1.54, 1.807) is 6.07 Å². The molecule has 3 N–H and O–H groups in total. The summed E-state index contributed by atoms with van der Waals surface area (Å²) in [5, 5.41) is 7.06. The summed E-state index contributed by atoms with van der Waals surface area (Å²) in [5.41, 5.74) is 5.42. The Balaban J connectivity index is 2.02. The van der Waals surface area contributed by atoms with Crippen molar-refractivity contribution < 1.29 is 13.2 Å². The number of anilines is 2. The standard InChI is InChI=1S/C12H12F3N5/c13-12(14,15)8-3-1-2-7(6-8)9-4-5-17-11-18-10(16)19-20(9)11/h1-3,6,9H,4-5H2,(H3,16,17,18,19). The first kappa shape index (κ1) is 12.8. The second-order valence-corrected chi connectivity index (χ2v) is 4.59. The normalized spacial score (nSPS) is 18.4. The van der Waals surface area contributed by atoms with Gasteiger partial charge in [0.15, 0.2) is 0 Å². The van der Waals surface area contributed by atoms with Gasteiger partial charge in [-0.15, -0.1) is 5.10 Å². The monoisotopic (exact) mass is 283 g/mol. The van der Waals surface area contributed by atoms with E-state index in [1.165, 1.54) is 10.7 Å². The first-order valence-electron chi connectivity index (χ1n) is 6.08. The molecule has 1 aliphatic heterocycles. The predicted octanol–water partition coefficient (Wildman–Crippen LogP) is 2.28. The third-order valence-corrected chi connectivity index (χ3v) is 3.24. The Bertz CT molecular complexity index is 634. The lowest BCUT2D eigenvalue weighted by atomic mass is 10.0. The molecule has 106 valence electrons. The number of hydrogen-bond acceptors (Lipinski definition) is 4. The maximum Gasteiger partial charge on any atom is 0.416 e. The average Bonchev–Trinajstić information content (AvgIpc) is 2.77. The largest absolute Gasteiger partial charge is 0.416 e. The molecule has 0 amide bonds. The smallest absolute Gasteiger partial charge is 0.366 e. The van der Waals surface area contributed by atoms with Gasteiger partial charge >= 0.3 is 6.18 Å². The van der Waals surface area contributed by atoms with E-state index in [9.17, 15) is 13.2 Å². The van der Waals surface area contributed by atoms with Gasteiger partial charge in [0.1, 0.15) is 0 Å². The molecule has 0 bridgehead atoms. The van der Waals surface area contributed by atoms with Crippen molar-refractivity contribution in [3.05, 3.63) is 35.4 Å². The highest BCUT2D eigenvalue weighted by molar-refractivity contribution is 5.38. The number of fused-ring (bicyclic) bond motifs is 1. The van der Waals surface area contributed by atoms with Crippen molar-refractivity contribution in [1.29, 1.82) is 0 Å². The zero-order chi connectivity index (χ0) is 14.3. The summed E-state index contributed by atoms with van der Waals surface area (Å²) in [5.74, 6) is 0.586. The van der Waals surface area contributed by atoms with E-state index >= 15 is 0 Å².